The number of hydrogen-bond donors (Lipinski definition) is 2. The van der Waals surface area contributed by atoms with Gasteiger partial charge in [0.05, 0.1) is 6.42 Å². The molecule has 36 heavy (non-hydrogen) atoms. The number of carbonyl (C=O) groups is 3. The summed E-state index contributed by atoms with van der Waals surface area (Å²) >= 11 is 2.51. The van der Waals surface area contributed by atoms with Crippen molar-refractivity contribution in [2.45, 2.75) is 22.7 Å². The Morgan fingerprint density at radius 2 is 1.75 bits per heavy atom. The van der Waals surface area contributed by atoms with Crippen molar-refractivity contribution in [1.82, 2.24) is 10.2 Å². The highest BCUT2D eigenvalue weighted by Gasteiger charge is 2.54. The molecule has 2 heterocycles. The van der Waals surface area contributed by atoms with Crippen molar-refractivity contribution in [3.63, 3.8) is 0 Å². The molecule has 0 radical (unpaired) electrons. The third-order valence-electron chi connectivity index (χ3n) is 5.93. The number of β-lactam (4-membered cyclic amide) rings is 1. The molecule has 2 aliphatic heterocycles. The summed E-state index contributed by atoms with van der Waals surface area (Å²) in [5.41, 5.74) is 1.91. The van der Waals surface area contributed by atoms with Crippen LogP contribution in [0.25, 0.3) is 11.1 Å². The Morgan fingerprint density at radius 1 is 1.06 bits per heavy atom. The zero-order chi connectivity index (χ0) is 25.2. The summed E-state index contributed by atoms with van der Waals surface area (Å²) in [6, 6.07) is 22.3. The number of carboxylic acid groups (broad SMARTS) is 1. The summed E-state index contributed by atoms with van der Waals surface area (Å²) < 4.78 is 14.8. The molecule has 0 aliphatic carbocycles. The van der Waals surface area contributed by atoms with Crippen LogP contribution in [0.4, 0.5) is 4.39 Å². The average molecular weight is 521 g/mol. The van der Waals surface area contributed by atoms with Gasteiger partial charge in [-0.05, 0) is 23.3 Å². The van der Waals surface area contributed by atoms with Crippen LogP contribution >= 0.6 is 23.5 Å². The van der Waals surface area contributed by atoms with E-state index in [1.165, 1.54) is 22.7 Å². The van der Waals surface area contributed by atoms with E-state index >= 15 is 0 Å². The molecule has 9 heteroatoms. The number of carbonyl (C=O) groups excluding carboxylic acids is 2. The summed E-state index contributed by atoms with van der Waals surface area (Å²) in [6.45, 7) is 0. The number of nitrogens with zero attached hydrogens (tertiary/aromatic N) is 1. The van der Waals surface area contributed by atoms with E-state index in [-0.39, 0.29) is 18.0 Å². The molecule has 182 valence electrons. The minimum atomic E-state index is -1.23. The first kappa shape index (κ1) is 24.1. The summed E-state index contributed by atoms with van der Waals surface area (Å²) in [6.07, 6.45) is 0.134. The standard InChI is InChI=1S/C27H21FN2O4S2/c28-20-14-18(11-12-19(20)17-9-5-2-6-10-17)36-21-15-35-26-23(25(32)30(26)24(21)27(33)34)29-22(31)13-16-7-3-1-4-8-16/h1-12,14,23,26H,13,15H2,(H,29,31)(H,33,34)/t23-,26+/m1/s1. The van der Waals surface area contributed by atoms with Crippen molar-refractivity contribution in [1.29, 1.82) is 0 Å². The minimum Gasteiger partial charge on any atom is -0.477 e. The van der Waals surface area contributed by atoms with Crippen LogP contribution in [0, 0.1) is 5.82 Å². The predicted octanol–water partition coefficient (Wildman–Crippen LogP) is 4.52. The van der Waals surface area contributed by atoms with Crippen LogP contribution in [0.15, 0.2) is 94.4 Å². The number of fused-ring (bicyclic) bond motifs is 1. The van der Waals surface area contributed by atoms with E-state index in [2.05, 4.69) is 5.32 Å². The maximum absolute atomic E-state index is 14.8. The number of amides is 2. The largest absolute Gasteiger partial charge is 0.477 e. The summed E-state index contributed by atoms with van der Waals surface area (Å²) in [7, 11) is 0. The quantitative estimate of drug-likeness (QED) is 0.446. The van der Waals surface area contributed by atoms with Gasteiger partial charge in [-0.2, -0.15) is 0 Å². The Balaban J connectivity index is 1.31. The number of halogens is 1. The minimum absolute atomic E-state index is 0.116. The average Bonchev–Trinajstić information content (AvgIpc) is 2.88. The van der Waals surface area contributed by atoms with E-state index in [9.17, 15) is 23.9 Å². The van der Waals surface area contributed by atoms with Gasteiger partial charge in [0, 0.05) is 21.1 Å². The highest BCUT2D eigenvalue weighted by atomic mass is 32.2. The predicted molar refractivity (Wildman–Crippen MR) is 138 cm³/mol. The topological polar surface area (TPSA) is 86.7 Å². The van der Waals surface area contributed by atoms with Crippen molar-refractivity contribution in [3.05, 3.63) is 101 Å². The number of thioether (sulfide) groups is 2. The highest BCUT2D eigenvalue weighted by molar-refractivity contribution is 8.06. The van der Waals surface area contributed by atoms with Gasteiger partial charge in [0.2, 0.25) is 5.91 Å². The Bertz CT molecular complexity index is 1360. The fourth-order valence-corrected chi connectivity index (χ4v) is 6.73. The van der Waals surface area contributed by atoms with Gasteiger partial charge in [-0.3, -0.25) is 14.5 Å². The lowest BCUT2D eigenvalue weighted by atomic mass is 10.0. The van der Waals surface area contributed by atoms with Gasteiger partial charge < -0.3 is 10.4 Å². The fraction of sp³-hybridized carbons (Fsp3) is 0.148. The molecule has 3 aromatic rings. The number of aliphatic carboxylic acids is 1. The first-order valence-corrected chi connectivity index (χ1v) is 13.1. The number of hydrogen-bond acceptors (Lipinski definition) is 5. The molecule has 1 fully saturated rings. The molecule has 2 atom stereocenters. The van der Waals surface area contributed by atoms with Crippen molar-refractivity contribution >= 4 is 41.3 Å². The molecule has 6 nitrogen and oxygen atoms in total. The lowest BCUT2D eigenvalue weighted by Gasteiger charge is -2.49. The van der Waals surface area contributed by atoms with Crippen molar-refractivity contribution in [3.8, 4) is 11.1 Å². The second-order valence-electron chi connectivity index (χ2n) is 8.30. The van der Waals surface area contributed by atoms with Crippen molar-refractivity contribution in [2.75, 3.05) is 5.75 Å². The third-order valence-corrected chi connectivity index (χ3v) is 8.46. The van der Waals surface area contributed by atoms with Crippen LogP contribution in [0.1, 0.15) is 5.56 Å². The maximum atomic E-state index is 14.8. The van der Waals surface area contributed by atoms with E-state index in [0.29, 0.717) is 21.1 Å². The summed E-state index contributed by atoms with van der Waals surface area (Å²) in [5.74, 6) is -2.07. The van der Waals surface area contributed by atoms with E-state index in [1.54, 1.807) is 12.1 Å². The summed E-state index contributed by atoms with van der Waals surface area (Å²) in [4.78, 5) is 39.7. The van der Waals surface area contributed by atoms with E-state index in [4.69, 9.17) is 0 Å². The lowest BCUT2D eigenvalue weighted by molar-refractivity contribution is -0.150. The van der Waals surface area contributed by atoms with Gasteiger partial charge in [0.25, 0.3) is 5.91 Å². The van der Waals surface area contributed by atoms with Crippen LogP contribution in [-0.2, 0) is 20.8 Å². The molecule has 2 N–H and O–H groups in total. The Kier molecular flexibility index (Phi) is 6.84. The highest BCUT2D eigenvalue weighted by Crippen LogP contribution is 2.45. The molecular weight excluding hydrogens is 499 g/mol. The van der Waals surface area contributed by atoms with Gasteiger partial charge in [-0.25, -0.2) is 9.18 Å². The van der Waals surface area contributed by atoms with Gasteiger partial charge in [0.15, 0.2) is 0 Å². The van der Waals surface area contributed by atoms with Gasteiger partial charge in [-0.15, -0.1) is 11.8 Å². The van der Waals surface area contributed by atoms with Gasteiger partial charge in [0.1, 0.15) is 22.9 Å². The van der Waals surface area contributed by atoms with E-state index < -0.39 is 29.1 Å². The molecule has 2 aliphatic rings. The Hall–Kier alpha value is -3.56. The van der Waals surface area contributed by atoms with Crippen LogP contribution < -0.4 is 5.32 Å². The van der Waals surface area contributed by atoms with Crippen molar-refractivity contribution < 1.29 is 23.9 Å². The zero-order valence-electron chi connectivity index (χ0n) is 18.9. The number of benzene rings is 3. The maximum Gasteiger partial charge on any atom is 0.353 e. The number of rotatable bonds is 7. The fourth-order valence-electron chi connectivity index (χ4n) is 4.23. The van der Waals surface area contributed by atoms with Crippen LogP contribution in [-0.4, -0.2) is 45.0 Å². The van der Waals surface area contributed by atoms with Crippen molar-refractivity contribution in [2.24, 2.45) is 0 Å². The van der Waals surface area contributed by atoms with E-state index in [1.807, 2.05) is 60.7 Å². The molecule has 0 spiro atoms. The number of carboxylic acids is 1. The normalized spacial score (nSPS) is 18.9. The molecule has 0 aromatic heterocycles. The third kappa shape index (κ3) is 4.76. The van der Waals surface area contributed by atoms with Crippen LogP contribution in [0.3, 0.4) is 0 Å². The second-order valence-corrected chi connectivity index (χ2v) is 10.6. The molecule has 0 unspecified atom stereocenters. The molecule has 3 aromatic carbocycles. The molecule has 0 bridgehead atoms. The second kappa shape index (κ2) is 10.2. The first-order chi connectivity index (χ1) is 17.4. The van der Waals surface area contributed by atoms with Gasteiger partial charge >= 0.3 is 5.97 Å². The lowest BCUT2D eigenvalue weighted by Crippen LogP contribution is -2.70. The smallest absolute Gasteiger partial charge is 0.353 e. The number of nitrogens with one attached hydrogen (secondary N) is 1. The Labute approximate surface area is 215 Å². The zero-order valence-corrected chi connectivity index (χ0v) is 20.5. The SMILES string of the molecule is O=C(Cc1ccccc1)N[C@@H]1C(=O)N2C(C(=O)O)=C(Sc3ccc(-c4ccccc4)c(F)c3)CS[C@@H]12. The Morgan fingerprint density at radius 3 is 2.42 bits per heavy atom. The van der Waals surface area contributed by atoms with E-state index in [0.717, 1.165) is 22.9 Å². The van der Waals surface area contributed by atoms with Crippen LogP contribution in [0.5, 0.6) is 0 Å². The molecule has 0 saturated carbocycles. The monoisotopic (exact) mass is 520 g/mol. The van der Waals surface area contributed by atoms with Gasteiger partial charge in [-0.1, -0.05) is 78.5 Å². The summed E-state index contributed by atoms with van der Waals surface area (Å²) in [5, 5.41) is 12.1. The molecule has 2 amide bonds. The molecular formula is C27H21FN2O4S2. The molecule has 1 saturated heterocycles. The van der Waals surface area contributed by atoms with Crippen LogP contribution in [0.2, 0.25) is 0 Å². The molecule has 5 rings (SSSR count). The first-order valence-electron chi connectivity index (χ1n) is 11.2.